The molecule has 2 heterocycles. The van der Waals surface area contributed by atoms with Gasteiger partial charge in [-0.05, 0) is 26.3 Å². The highest BCUT2D eigenvalue weighted by atomic mass is 32.1. The van der Waals surface area contributed by atoms with Crippen LogP contribution in [0.4, 0.5) is 5.69 Å². The van der Waals surface area contributed by atoms with Crippen LogP contribution in [0, 0.1) is 32.1 Å². The third kappa shape index (κ3) is 1.60. The number of aryl methyl sites for hydroxylation is 2. The third-order valence-corrected chi connectivity index (χ3v) is 4.85. The molecule has 0 fully saturated rings. The molecule has 0 aliphatic carbocycles. The highest BCUT2D eigenvalue weighted by molar-refractivity contribution is 7.22. The molecule has 0 saturated heterocycles. The lowest BCUT2D eigenvalue weighted by atomic mass is 10.2. The van der Waals surface area contributed by atoms with E-state index in [1.807, 2.05) is 20.8 Å². The molecule has 2 rings (SSSR count). The molecule has 0 saturated carbocycles. The van der Waals surface area contributed by atoms with Gasteiger partial charge in [0, 0.05) is 0 Å². The van der Waals surface area contributed by atoms with E-state index < -0.39 is 0 Å². The molecule has 2 N–H and O–H groups in total. The predicted molar refractivity (Wildman–Crippen MR) is 68.8 cm³/mol. The molecule has 82 valence electrons. The monoisotopic (exact) mass is 249 g/mol. The van der Waals surface area contributed by atoms with E-state index in [-0.39, 0.29) is 0 Å². The summed E-state index contributed by atoms with van der Waals surface area (Å²) in [6, 6.07) is 2.13. The number of aromatic nitrogens is 1. The Hall–Kier alpha value is -1.38. The summed E-state index contributed by atoms with van der Waals surface area (Å²) >= 11 is 3.10. The normalized spacial score (nSPS) is 10.4. The molecular formula is C11H11N3S2. The van der Waals surface area contributed by atoms with Crippen LogP contribution in [0.15, 0.2) is 0 Å². The van der Waals surface area contributed by atoms with E-state index in [4.69, 9.17) is 11.0 Å². The molecule has 0 unspecified atom stereocenters. The average molecular weight is 249 g/mol. The van der Waals surface area contributed by atoms with Crippen molar-refractivity contribution in [3.8, 4) is 15.8 Å². The molecule has 0 aromatic carbocycles. The zero-order valence-electron chi connectivity index (χ0n) is 9.29. The van der Waals surface area contributed by atoms with Gasteiger partial charge in [-0.3, -0.25) is 0 Å². The van der Waals surface area contributed by atoms with Gasteiger partial charge in [0.15, 0.2) is 0 Å². The summed E-state index contributed by atoms with van der Waals surface area (Å²) in [6.07, 6.45) is 0. The summed E-state index contributed by atoms with van der Waals surface area (Å²) in [7, 11) is 0. The molecule has 0 spiro atoms. The lowest BCUT2D eigenvalue weighted by molar-refractivity contribution is 1.20. The number of nitriles is 1. The minimum atomic E-state index is 0.595. The van der Waals surface area contributed by atoms with E-state index in [0.29, 0.717) is 10.6 Å². The number of anilines is 1. The molecule has 2 aromatic rings. The molecule has 16 heavy (non-hydrogen) atoms. The summed E-state index contributed by atoms with van der Waals surface area (Å²) in [5.41, 5.74) is 8.49. The number of hydrogen-bond acceptors (Lipinski definition) is 5. The van der Waals surface area contributed by atoms with Crippen molar-refractivity contribution in [3.05, 3.63) is 21.1 Å². The van der Waals surface area contributed by atoms with Crippen molar-refractivity contribution >= 4 is 28.4 Å². The van der Waals surface area contributed by atoms with Crippen LogP contribution in [0.25, 0.3) is 9.75 Å². The van der Waals surface area contributed by atoms with Crippen molar-refractivity contribution in [2.75, 3.05) is 5.73 Å². The van der Waals surface area contributed by atoms with E-state index in [9.17, 15) is 0 Å². The van der Waals surface area contributed by atoms with Gasteiger partial charge in [0.05, 0.1) is 26.1 Å². The van der Waals surface area contributed by atoms with Crippen LogP contribution in [0.3, 0.4) is 0 Å². The first-order chi connectivity index (χ1) is 7.54. The van der Waals surface area contributed by atoms with Crippen molar-refractivity contribution in [1.82, 2.24) is 4.98 Å². The zero-order valence-corrected chi connectivity index (χ0v) is 10.9. The summed E-state index contributed by atoms with van der Waals surface area (Å²) in [5, 5.41) is 9.99. The molecule has 5 heteroatoms. The molecule has 3 nitrogen and oxygen atoms in total. The van der Waals surface area contributed by atoms with Crippen LogP contribution in [0.2, 0.25) is 0 Å². The van der Waals surface area contributed by atoms with Crippen LogP contribution in [0.5, 0.6) is 0 Å². The summed E-state index contributed by atoms with van der Waals surface area (Å²) in [4.78, 5) is 7.20. The van der Waals surface area contributed by atoms with E-state index in [2.05, 4.69) is 11.1 Å². The molecule has 0 bridgehead atoms. The SMILES string of the molecule is Cc1nc(C)c(-c2sc(C#N)c(N)c2C)s1. The summed E-state index contributed by atoms with van der Waals surface area (Å²) in [6.45, 7) is 5.93. The van der Waals surface area contributed by atoms with E-state index in [1.54, 1.807) is 11.3 Å². The van der Waals surface area contributed by atoms with E-state index in [0.717, 1.165) is 26.0 Å². The number of nitrogens with zero attached hydrogens (tertiary/aromatic N) is 2. The second-order valence-corrected chi connectivity index (χ2v) is 5.78. The van der Waals surface area contributed by atoms with Crippen LogP contribution >= 0.6 is 22.7 Å². The maximum Gasteiger partial charge on any atom is 0.128 e. The zero-order chi connectivity index (χ0) is 11.9. The Morgan fingerprint density at radius 3 is 2.31 bits per heavy atom. The fourth-order valence-corrected chi connectivity index (χ4v) is 3.75. The van der Waals surface area contributed by atoms with Crippen molar-refractivity contribution < 1.29 is 0 Å². The van der Waals surface area contributed by atoms with Crippen molar-refractivity contribution in [2.24, 2.45) is 0 Å². The standard InChI is InChI=1S/C11H11N3S2/c1-5-9(13)8(4-12)16-10(5)11-6(2)14-7(3)15-11/h13H2,1-3H3. The van der Waals surface area contributed by atoms with Crippen LogP contribution in [-0.4, -0.2) is 4.98 Å². The Kier molecular flexibility index (Phi) is 2.70. The predicted octanol–water partition coefficient (Wildman–Crippen LogP) is 3.25. The topological polar surface area (TPSA) is 62.7 Å². The Balaban J connectivity index is 2.66. The second kappa shape index (κ2) is 3.89. The van der Waals surface area contributed by atoms with Gasteiger partial charge in [0.25, 0.3) is 0 Å². The molecule has 0 aliphatic rings. The second-order valence-electron chi connectivity index (χ2n) is 3.56. The highest BCUT2D eigenvalue weighted by Crippen LogP contribution is 2.41. The van der Waals surface area contributed by atoms with E-state index >= 15 is 0 Å². The third-order valence-electron chi connectivity index (χ3n) is 2.40. The maximum atomic E-state index is 8.95. The summed E-state index contributed by atoms with van der Waals surface area (Å²) < 4.78 is 0. The maximum absolute atomic E-state index is 8.95. The van der Waals surface area contributed by atoms with Crippen molar-refractivity contribution in [1.29, 1.82) is 5.26 Å². The fraction of sp³-hybridized carbons (Fsp3) is 0.273. The minimum Gasteiger partial charge on any atom is -0.397 e. The van der Waals surface area contributed by atoms with Gasteiger partial charge >= 0.3 is 0 Å². The Morgan fingerprint density at radius 2 is 1.88 bits per heavy atom. The molecule has 2 aromatic heterocycles. The first-order valence-electron chi connectivity index (χ1n) is 4.78. The Labute approximate surface area is 102 Å². The molecule has 0 atom stereocenters. The fourth-order valence-electron chi connectivity index (χ4n) is 1.57. The van der Waals surface area contributed by atoms with Gasteiger partial charge in [-0.2, -0.15) is 5.26 Å². The van der Waals surface area contributed by atoms with Crippen LogP contribution in [-0.2, 0) is 0 Å². The molecular weight excluding hydrogens is 238 g/mol. The number of nitrogen functional groups attached to an aromatic ring is 1. The largest absolute Gasteiger partial charge is 0.397 e. The average Bonchev–Trinajstić information content (AvgIpc) is 2.70. The first kappa shape index (κ1) is 11.1. The Morgan fingerprint density at radius 1 is 1.19 bits per heavy atom. The van der Waals surface area contributed by atoms with Crippen molar-refractivity contribution in [3.63, 3.8) is 0 Å². The van der Waals surface area contributed by atoms with Crippen LogP contribution < -0.4 is 5.73 Å². The number of hydrogen-bond donors (Lipinski definition) is 1. The lowest BCUT2D eigenvalue weighted by Gasteiger charge is -1.96. The minimum absolute atomic E-state index is 0.595. The van der Waals surface area contributed by atoms with E-state index in [1.165, 1.54) is 11.3 Å². The van der Waals surface area contributed by atoms with Gasteiger partial charge in [-0.1, -0.05) is 0 Å². The van der Waals surface area contributed by atoms with Gasteiger partial charge in [0.1, 0.15) is 10.9 Å². The molecule has 0 radical (unpaired) electrons. The highest BCUT2D eigenvalue weighted by Gasteiger charge is 2.17. The van der Waals surface area contributed by atoms with Gasteiger partial charge < -0.3 is 5.73 Å². The first-order valence-corrected chi connectivity index (χ1v) is 6.41. The van der Waals surface area contributed by atoms with Crippen molar-refractivity contribution in [2.45, 2.75) is 20.8 Å². The van der Waals surface area contributed by atoms with Gasteiger partial charge in [0.2, 0.25) is 0 Å². The molecule has 0 amide bonds. The lowest BCUT2D eigenvalue weighted by Crippen LogP contribution is -1.87. The van der Waals surface area contributed by atoms with Crippen LogP contribution in [0.1, 0.15) is 21.1 Å². The Bertz CT molecular complexity index is 587. The number of thiophene rings is 1. The number of nitrogens with two attached hydrogens (primary N) is 1. The van der Waals surface area contributed by atoms with Gasteiger partial charge in [-0.25, -0.2) is 4.98 Å². The number of rotatable bonds is 1. The summed E-state index contributed by atoms with van der Waals surface area (Å²) in [5.74, 6) is 0. The molecule has 0 aliphatic heterocycles. The quantitative estimate of drug-likeness (QED) is 0.843. The smallest absolute Gasteiger partial charge is 0.128 e. The number of thiazole rings is 1. The van der Waals surface area contributed by atoms with Gasteiger partial charge in [-0.15, -0.1) is 22.7 Å².